The van der Waals surface area contributed by atoms with Crippen molar-refractivity contribution in [3.8, 4) is 28.4 Å². The molecule has 2 aromatic heterocycles. The van der Waals surface area contributed by atoms with Crippen LogP contribution in [0.5, 0.6) is 0 Å². The summed E-state index contributed by atoms with van der Waals surface area (Å²) in [5, 5.41) is 4.84. The fourth-order valence-electron chi connectivity index (χ4n) is 2.93. The highest BCUT2D eigenvalue weighted by molar-refractivity contribution is 5.67. The van der Waals surface area contributed by atoms with Gasteiger partial charge in [-0.3, -0.25) is 0 Å². The van der Waals surface area contributed by atoms with Crippen molar-refractivity contribution >= 4 is 0 Å². The topological polar surface area (TPSA) is 31.0 Å². The zero-order valence-corrected chi connectivity index (χ0v) is 14.4. The molecule has 3 heteroatoms. The van der Waals surface area contributed by atoms with E-state index >= 15 is 0 Å². The second-order valence-corrected chi connectivity index (χ2v) is 6.42. The number of nitrogens with zero attached hydrogens (tertiary/aromatic N) is 2. The van der Waals surface area contributed by atoms with E-state index in [1.54, 1.807) is 6.26 Å². The molecular weight excluding hydrogens is 308 g/mol. The first kappa shape index (κ1) is 15.5. The van der Waals surface area contributed by atoms with Crippen molar-refractivity contribution in [1.29, 1.82) is 0 Å². The molecule has 2 heterocycles. The van der Waals surface area contributed by atoms with E-state index in [1.165, 1.54) is 5.56 Å². The quantitative estimate of drug-likeness (QED) is 0.465. The van der Waals surface area contributed by atoms with Gasteiger partial charge < -0.3 is 4.42 Å². The minimum Gasteiger partial charge on any atom is -0.463 e. The number of hydrogen-bond donors (Lipinski definition) is 0. The average Bonchev–Trinajstić information content (AvgIpc) is 3.32. The molecule has 4 rings (SSSR count). The lowest BCUT2D eigenvalue weighted by molar-refractivity contribution is 0.577. The van der Waals surface area contributed by atoms with Crippen LogP contribution >= 0.6 is 0 Å². The third-order valence-corrected chi connectivity index (χ3v) is 4.36. The highest BCUT2D eigenvalue weighted by Crippen LogP contribution is 2.29. The van der Waals surface area contributed by atoms with E-state index in [0.29, 0.717) is 5.92 Å². The van der Waals surface area contributed by atoms with Crippen molar-refractivity contribution < 1.29 is 4.42 Å². The molecule has 0 aliphatic carbocycles. The minimum absolute atomic E-state index is 0.510. The summed E-state index contributed by atoms with van der Waals surface area (Å²) in [7, 11) is 0. The van der Waals surface area contributed by atoms with Crippen LogP contribution in [0.15, 0.2) is 83.5 Å². The summed E-state index contributed by atoms with van der Waals surface area (Å²) >= 11 is 0. The van der Waals surface area contributed by atoms with Gasteiger partial charge in [-0.15, -0.1) is 0 Å². The third-order valence-electron chi connectivity index (χ3n) is 4.36. The van der Waals surface area contributed by atoms with Gasteiger partial charge >= 0.3 is 0 Å². The van der Waals surface area contributed by atoms with Crippen LogP contribution in [0, 0.1) is 0 Å². The maximum Gasteiger partial charge on any atom is 0.152 e. The molecule has 0 spiro atoms. The highest BCUT2D eigenvalue weighted by Gasteiger charge is 2.15. The number of rotatable bonds is 4. The summed E-state index contributed by atoms with van der Waals surface area (Å²) in [4.78, 5) is 0. The molecule has 0 saturated carbocycles. The summed E-state index contributed by atoms with van der Waals surface area (Å²) in [5.74, 6) is 1.32. The highest BCUT2D eigenvalue weighted by atomic mass is 16.3. The van der Waals surface area contributed by atoms with Crippen LogP contribution in [0.1, 0.15) is 25.3 Å². The summed E-state index contributed by atoms with van der Waals surface area (Å²) in [6, 6.07) is 24.7. The molecule has 0 unspecified atom stereocenters. The maximum atomic E-state index is 5.63. The maximum absolute atomic E-state index is 5.63. The Bertz CT molecular complexity index is 949. The van der Waals surface area contributed by atoms with Gasteiger partial charge in [0.1, 0.15) is 5.69 Å². The molecule has 25 heavy (non-hydrogen) atoms. The van der Waals surface area contributed by atoms with E-state index in [4.69, 9.17) is 9.52 Å². The van der Waals surface area contributed by atoms with E-state index in [1.807, 2.05) is 35.0 Å². The first-order valence-corrected chi connectivity index (χ1v) is 8.52. The number of benzene rings is 2. The van der Waals surface area contributed by atoms with Gasteiger partial charge in [0.2, 0.25) is 0 Å². The predicted molar refractivity (Wildman–Crippen MR) is 101 cm³/mol. The molecule has 0 radical (unpaired) electrons. The van der Waals surface area contributed by atoms with Crippen molar-refractivity contribution in [1.82, 2.24) is 9.78 Å². The Morgan fingerprint density at radius 1 is 0.880 bits per heavy atom. The summed E-state index contributed by atoms with van der Waals surface area (Å²) in [6.07, 6.45) is 1.69. The van der Waals surface area contributed by atoms with Crippen LogP contribution in [-0.2, 0) is 0 Å². The van der Waals surface area contributed by atoms with Gasteiger partial charge in [-0.1, -0.05) is 56.3 Å². The third kappa shape index (κ3) is 3.01. The zero-order valence-electron chi connectivity index (χ0n) is 14.4. The van der Waals surface area contributed by atoms with E-state index in [9.17, 15) is 0 Å². The van der Waals surface area contributed by atoms with Gasteiger partial charge in [0.05, 0.1) is 17.6 Å². The predicted octanol–water partition coefficient (Wildman–Crippen LogP) is 5.92. The van der Waals surface area contributed by atoms with Crippen LogP contribution in [0.25, 0.3) is 28.4 Å². The second kappa shape index (κ2) is 6.44. The van der Waals surface area contributed by atoms with E-state index in [2.05, 4.69) is 56.3 Å². The first-order valence-electron chi connectivity index (χ1n) is 8.52. The molecule has 124 valence electrons. The molecule has 4 aromatic rings. The van der Waals surface area contributed by atoms with Crippen molar-refractivity contribution in [2.75, 3.05) is 0 Å². The molecule has 0 bridgehead atoms. The SMILES string of the molecule is CC(C)c1ccc(-n2nc(-c3ccccc3)cc2-c2ccco2)cc1. The van der Waals surface area contributed by atoms with Crippen molar-refractivity contribution in [2.24, 2.45) is 0 Å². The lowest BCUT2D eigenvalue weighted by Gasteiger charge is -2.09. The summed E-state index contributed by atoms with van der Waals surface area (Å²) < 4.78 is 7.58. The van der Waals surface area contributed by atoms with Gasteiger partial charge in [-0.25, -0.2) is 4.68 Å². The molecule has 0 atom stereocenters. The standard InChI is InChI=1S/C22H20N2O/c1-16(2)17-10-12-19(13-11-17)24-21(22-9-6-14-25-22)15-20(23-24)18-7-4-3-5-8-18/h3-16H,1-2H3. The molecule has 2 aromatic carbocycles. The van der Waals surface area contributed by atoms with Gasteiger partial charge in [0.15, 0.2) is 5.76 Å². The van der Waals surface area contributed by atoms with E-state index < -0.39 is 0 Å². The van der Waals surface area contributed by atoms with Crippen LogP contribution < -0.4 is 0 Å². The van der Waals surface area contributed by atoms with E-state index in [0.717, 1.165) is 28.4 Å². The van der Waals surface area contributed by atoms with Gasteiger partial charge in [-0.05, 0) is 41.8 Å². The normalized spacial score (nSPS) is 11.2. The van der Waals surface area contributed by atoms with Crippen LogP contribution in [0.4, 0.5) is 0 Å². The Kier molecular flexibility index (Phi) is 3.98. The van der Waals surface area contributed by atoms with Gasteiger partial charge in [-0.2, -0.15) is 5.10 Å². The molecular formula is C22H20N2O. The molecule has 0 fully saturated rings. The fourth-order valence-corrected chi connectivity index (χ4v) is 2.93. The Balaban J connectivity index is 1.84. The number of aromatic nitrogens is 2. The van der Waals surface area contributed by atoms with E-state index in [-0.39, 0.29) is 0 Å². The molecule has 0 N–H and O–H groups in total. The van der Waals surface area contributed by atoms with Crippen LogP contribution in [0.3, 0.4) is 0 Å². The Morgan fingerprint density at radius 3 is 2.28 bits per heavy atom. The lowest BCUT2D eigenvalue weighted by atomic mass is 10.0. The van der Waals surface area contributed by atoms with Crippen LogP contribution in [0.2, 0.25) is 0 Å². The minimum atomic E-state index is 0.510. The molecule has 0 aliphatic heterocycles. The van der Waals surface area contributed by atoms with Gasteiger partial charge in [0, 0.05) is 5.56 Å². The Morgan fingerprint density at radius 2 is 1.64 bits per heavy atom. The molecule has 0 amide bonds. The summed E-state index contributed by atoms with van der Waals surface area (Å²) in [6.45, 7) is 4.40. The average molecular weight is 328 g/mol. The first-order chi connectivity index (χ1) is 12.2. The van der Waals surface area contributed by atoms with Crippen molar-refractivity contribution in [3.05, 3.63) is 84.6 Å². The monoisotopic (exact) mass is 328 g/mol. The largest absolute Gasteiger partial charge is 0.463 e. The second-order valence-electron chi connectivity index (χ2n) is 6.42. The van der Waals surface area contributed by atoms with Gasteiger partial charge in [0.25, 0.3) is 0 Å². The Hall–Kier alpha value is -3.07. The van der Waals surface area contributed by atoms with Crippen LogP contribution in [-0.4, -0.2) is 9.78 Å². The number of hydrogen-bond acceptors (Lipinski definition) is 2. The fraction of sp³-hybridized carbons (Fsp3) is 0.136. The van der Waals surface area contributed by atoms with Crippen molar-refractivity contribution in [3.63, 3.8) is 0 Å². The molecule has 3 nitrogen and oxygen atoms in total. The summed E-state index contributed by atoms with van der Waals surface area (Å²) in [5.41, 5.74) is 5.31. The Labute approximate surface area is 147 Å². The smallest absolute Gasteiger partial charge is 0.152 e. The van der Waals surface area contributed by atoms with Crippen molar-refractivity contribution in [2.45, 2.75) is 19.8 Å². The number of furan rings is 1. The molecule has 0 saturated heterocycles. The zero-order chi connectivity index (χ0) is 17.2. The lowest BCUT2D eigenvalue weighted by Crippen LogP contribution is -1.99. The molecule has 0 aliphatic rings.